The van der Waals surface area contributed by atoms with Gasteiger partial charge in [-0.05, 0) is 37.0 Å². The molecule has 0 aliphatic heterocycles. The first-order chi connectivity index (χ1) is 9.11. The molecule has 19 heavy (non-hydrogen) atoms. The van der Waals surface area contributed by atoms with Crippen LogP contribution in [-0.4, -0.2) is 20.9 Å². The van der Waals surface area contributed by atoms with E-state index in [2.05, 4.69) is 5.10 Å². The Hall–Kier alpha value is -2.10. The zero-order valence-corrected chi connectivity index (χ0v) is 11.2. The van der Waals surface area contributed by atoms with Gasteiger partial charge in [0.1, 0.15) is 0 Å². The maximum Gasteiger partial charge on any atom is 0.311 e. The van der Waals surface area contributed by atoms with Crippen LogP contribution in [0.5, 0.6) is 0 Å². The predicted octanol–water partition coefficient (Wildman–Crippen LogP) is 2.62. The normalized spacial score (nSPS) is 12.3. The summed E-state index contributed by atoms with van der Waals surface area (Å²) in [5, 5.41) is 13.6. The first kappa shape index (κ1) is 13.3. The van der Waals surface area contributed by atoms with E-state index in [1.807, 2.05) is 49.0 Å². The van der Waals surface area contributed by atoms with Crippen molar-refractivity contribution in [1.29, 1.82) is 0 Å². The van der Waals surface area contributed by atoms with E-state index in [9.17, 15) is 9.90 Å². The molecule has 0 bridgehead atoms. The summed E-state index contributed by atoms with van der Waals surface area (Å²) in [5.41, 5.74) is 2.84. The smallest absolute Gasteiger partial charge is 0.311 e. The number of carboxylic acids is 1. The summed E-state index contributed by atoms with van der Waals surface area (Å²) < 4.78 is 1.81. The largest absolute Gasteiger partial charge is 0.481 e. The van der Waals surface area contributed by atoms with Gasteiger partial charge in [0.2, 0.25) is 0 Å². The van der Waals surface area contributed by atoms with Crippen LogP contribution in [0.2, 0.25) is 0 Å². The molecule has 4 heteroatoms. The molecule has 4 nitrogen and oxygen atoms in total. The highest BCUT2D eigenvalue weighted by Crippen LogP contribution is 2.24. The van der Waals surface area contributed by atoms with Gasteiger partial charge in [-0.3, -0.25) is 9.48 Å². The Kier molecular flexibility index (Phi) is 4.00. The van der Waals surface area contributed by atoms with E-state index in [1.54, 1.807) is 6.20 Å². The first-order valence-electron chi connectivity index (χ1n) is 6.41. The molecule has 2 aromatic rings. The third kappa shape index (κ3) is 3.02. The number of carbonyl (C=O) groups is 1. The Labute approximate surface area is 112 Å². The fourth-order valence-electron chi connectivity index (χ4n) is 2.23. The zero-order valence-electron chi connectivity index (χ0n) is 11.2. The van der Waals surface area contributed by atoms with Gasteiger partial charge >= 0.3 is 5.97 Å². The van der Waals surface area contributed by atoms with Crippen molar-refractivity contribution in [1.82, 2.24) is 9.78 Å². The third-order valence-corrected chi connectivity index (χ3v) is 3.31. The van der Waals surface area contributed by atoms with Gasteiger partial charge in [-0.15, -0.1) is 0 Å². The lowest BCUT2D eigenvalue weighted by atomic mass is 9.90. The van der Waals surface area contributed by atoms with Crippen molar-refractivity contribution in [2.75, 3.05) is 0 Å². The Balaban J connectivity index is 2.26. The van der Waals surface area contributed by atoms with Gasteiger partial charge in [0.25, 0.3) is 0 Å². The average molecular weight is 258 g/mol. The van der Waals surface area contributed by atoms with Crippen molar-refractivity contribution in [2.45, 2.75) is 32.7 Å². The Morgan fingerprint density at radius 2 is 2.16 bits per heavy atom. The van der Waals surface area contributed by atoms with Gasteiger partial charge in [0.05, 0.1) is 12.1 Å². The van der Waals surface area contributed by atoms with E-state index in [-0.39, 0.29) is 0 Å². The minimum atomic E-state index is -0.793. The number of rotatable bonds is 5. The summed E-state index contributed by atoms with van der Waals surface area (Å²) in [7, 11) is 0. The van der Waals surface area contributed by atoms with Crippen LogP contribution < -0.4 is 0 Å². The summed E-state index contributed by atoms with van der Waals surface area (Å²) in [6.45, 7) is 4.75. The molecule has 0 spiro atoms. The number of aliphatic carboxylic acids is 1. The highest BCUT2D eigenvalue weighted by Gasteiger charge is 2.22. The Morgan fingerprint density at radius 3 is 2.74 bits per heavy atom. The molecule has 1 heterocycles. The molecule has 0 saturated heterocycles. The molecular formula is C15H18N2O2. The van der Waals surface area contributed by atoms with Gasteiger partial charge in [-0.25, -0.2) is 0 Å². The number of hydrogen-bond acceptors (Lipinski definition) is 2. The average Bonchev–Trinajstić information content (AvgIpc) is 2.84. The molecule has 0 fully saturated rings. The van der Waals surface area contributed by atoms with Crippen LogP contribution in [0, 0.1) is 6.92 Å². The molecule has 1 N–H and O–H groups in total. The molecule has 2 rings (SSSR count). The minimum Gasteiger partial charge on any atom is -0.481 e. The molecule has 0 radical (unpaired) electrons. The lowest BCUT2D eigenvalue weighted by molar-refractivity contribution is -0.138. The summed E-state index contributed by atoms with van der Waals surface area (Å²) in [6, 6.07) is 7.64. The maximum absolute atomic E-state index is 11.5. The molecule has 0 aliphatic rings. The fourth-order valence-corrected chi connectivity index (χ4v) is 2.23. The number of aromatic nitrogens is 2. The number of benzene rings is 1. The van der Waals surface area contributed by atoms with Gasteiger partial charge in [0, 0.05) is 12.7 Å². The van der Waals surface area contributed by atoms with E-state index in [4.69, 9.17) is 0 Å². The third-order valence-electron chi connectivity index (χ3n) is 3.31. The SMILES string of the molecule is CCn1cc(CC(C(=O)O)c2ccccc2C)cn1. The van der Waals surface area contributed by atoms with Crippen molar-refractivity contribution >= 4 is 5.97 Å². The molecule has 0 saturated carbocycles. The van der Waals surface area contributed by atoms with Crippen LogP contribution in [0.1, 0.15) is 29.5 Å². The number of nitrogens with zero attached hydrogens (tertiary/aromatic N) is 2. The first-order valence-corrected chi connectivity index (χ1v) is 6.41. The van der Waals surface area contributed by atoms with Crippen LogP contribution >= 0.6 is 0 Å². The number of carboxylic acid groups (broad SMARTS) is 1. The van der Waals surface area contributed by atoms with Crippen LogP contribution in [0.15, 0.2) is 36.7 Å². The van der Waals surface area contributed by atoms with Gasteiger partial charge in [-0.1, -0.05) is 24.3 Å². The zero-order chi connectivity index (χ0) is 13.8. The van der Waals surface area contributed by atoms with E-state index in [0.29, 0.717) is 6.42 Å². The molecule has 100 valence electrons. The summed E-state index contributed by atoms with van der Waals surface area (Å²) in [6.07, 6.45) is 4.13. The van der Waals surface area contributed by atoms with E-state index < -0.39 is 11.9 Å². The molecule has 1 unspecified atom stereocenters. The van der Waals surface area contributed by atoms with Crippen molar-refractivity contribution in [3.05, 3.63) is 53.3 Å². The van der Waals surface area contributed by atoms with Crippen molar-refractivity contribution in [3.63, 3.8) is 0 Å². The van der Waals surface area contributed by atoms with Crippen molar-refractivity contribution in [2.24, 2.45) is 0 Å². The minimum absolute atomic E-state index is 0.472. The predicted molar refractivity (Wildman–Crippen MR) is 73.2 cm³/mol. The summed E-state index contributed by atoms with van der Waals surface area (Å²) >= 11 is 0. The van der Waals surface area contributed by atoms with Crippen LogP contribution in [-0.2, 0) is 17.8 Å². The fraction of sp³-hybridized carbons (Fsp3) is 0.333. The standard InChI is InChI=1S/C15H18N2O2/c1-3-17-10-12(9-16-17)8-14(15(18)19)13-7-5-4-6-11(13)2/h4-7,9-10,14H,3,8H2,1-2H3,(H,18,19). The highest BCUT2D eigenvalue weighted by atomic mass is 16.4. The molecule has 0 amide bonds. The topological polar surface area (TPSA) is 55.1 Å². The molecule has 1 aromatic heterocycles. The van der Waals surface area contributed by atoms with E-state index >= 15 is 0 Å². The molecule has 1 atom stereocenters. The van der Waals surface area contributed by atoms with E-state index in [1.165, 1.54) is 0 Å². The molecule has 1 aromatic carbocycles. The van der Waals surface area contributed by atoms with E-state index in [0.717, 1.165) is 23.2 Å². The Bertz CT molecular complexity index is 575. The van der Waals surface area contributed by atoms with Gasteiger partial charge in [-0.2, -0.15) is 5.10 Å². The summed E-state index contributed by atoms with van der Waals surface area (Å²) in [4.78, 5) is 11.5. The number of hydrogen-bond donors (Lipinski definition) is 1. The molecule has 0 aliphatic carbocycles. The second kappa shape index (κ2) is 5.69. The van der Waals surface area contributed by atoms with Gasteiger partial charge < -0.3 is 5.11 Å². The van der Waals surface area contributed by atoms with Crippen LogP contribution in [0.3, 0.4) is 0 Å². The van der Waals surface area contributed by atoms with Crippen molar-refractivity contribution in [3.8, 4) is 0 Å². The highest BCUT2D eigenvalue weighted by molar-refractivity contribution is 5.77. The number of aryl methyl sites for hydroxylation is 2. The Morgan fingerprint density at radius 1 is 1.42 bits per heavy atom. The quantitative estimate of drug-likeness (QED) is 0.897. The molecular weight excluding hydrogens is 240 g/mol. The lowest BCUT2D eigenvalue weighted by Crippen LogP contribution is -2.15. The monoisotopic (exact) mass is 258 g/mol. The lowest BCUT2D eigenvalue weighted by Gasteiger charge is -2.14. The second-order valence-corrected chi connectivity index (χ2v) is 4.66. The summed E-state index contributed by atoms with van der Waals surface area (Å²) in [5.74, 6) is -1.31. The van der Waals surface area contributed by atoms with Crippen molar-refractivity contribution < 1.29 is 9.90 Å². The maximum atomic E-state index is 11.5. The second-order valence-electron chi connectivity index (χ2n) is 4.66. The van der Waals surface area contributed by atoms with Crippen LogP contribution in [0.4, 0.5) is 0 Å². The van der Waals surface area contributed by atoms with Gasteiger partial charge in [0.15, 0.2) is 0 Å². The van der Waals surface area contributed by atoms with Crippen LogP contribution in [0.25, 0.3) is 0 Å².